The summed E-state index contributed by atoms with van der Waals surface area (Å²) in [6, 6.07) is 10.2. The summed E-state index contributed by atoms with van der Waals surface area (Å²) in [5, 5.41) is 0. The minimum atomic E-state index is -0.113. The number of carbonyl (C=O) groups excluding carboxylic acids is 1. The summed E-state index contributed by atoms with van der Waals surface area (Å²) < 4.78 is 10.9. The Morgan fingerprint density at radius 2 is 1.90 bits per heavy atom. The first kappa shape index (κ1) is 16.7. The molecule has 0 bridgehead atoms. The van der Waals surface area contributed by atoms with Gasteiger partial charge in [-0.2, -0.15) is 0 Å². The van der Waals surface area contributed by atoms with Gasteiger partial charge in [-0.15, -0.1) is 0 Å². The van der Waals surface area contributed by atoms with Crippen LogP contribution in [0.25, 0.3) is 0 Å². The second-order valence-corrected chi connectivity index (χ2v) is 5.28. The van der Waals surface area contributed by atoms with Crippen molar-refractivity contribution in [3.05, 3.63) is 35.9 Å². The number of esters is 1. The molecule has 0 aliphatic heterocycles. The predicted octanol–water partition coefficient (Wildman–Crippen LogP) is 3.96. The van der Waals surface area contributed by atoms with Crippen molar-refractivity contribution in [3.63, 3.8) is 0 Å². The van der Waals surface area contributed by atoms with Crippen molar-refractivity contribution in [1.82, 2.24) is 0 Å². The molecule has 112 valence electrons. The Bertz CT molecular complexity index is 373. The third-order valence-corrected chi connectivity index (χ3v) is 3.23. The third-order valence-electron chi connectivity index (χ3n) is 3.23. The van der Waals surface area contributed by atoms with Crippen LogP contribution in [0.2, 0.25) is 0 Å². The Kier molecular flexibility index (Phi) is 7.97. The van der Waals surface area contributed by atoms with Crippen molar-refractivity contribution in [2.45, 2.75) is 52.7 Å². The maximum absolute atomic E-state index is 11.3. The third kappa shape index (κ3) is 6.71. The molecule has 0 unspecified atom stereocenters. The molecular weight excluding hydrogens is 252 g/mol. The molecule has 0 saturated heterocycles. The topological polar surface area (TPSA) is 35.5 Å². The summed E-state index contributed by atoms with van der Waals surface area (Å²) in [5.41, 5.74) is 1.18. The number of benzene rings is 1. The van der Waals surface area contributed by atoms with Gasteiger partial charge in [-0.05, 0) is 31.2 Å². The summed E-state index contributed by atoms with van der Waals surface area (Å²) in [5.74, 6) is 0.332. The Balaban J connectivity index is 2.31. The lowest BCUT2D eigenvalue weighted by Crippen LogP contribution is -2.20. The highest BCUT2D eigenvalue weighted by Crippen LogP contribution is 2.16. The zero-order chi connectivity index (χ0) is 14.8. The van der Waals surface area contributed by atoms with Crippen molar-refractivity contribution in [2.75, 3.05) is 6.61 Å². The Morgan fingerprint density at radius 3 is 2.50 bits per heavy atom. The molecule has 3 nitrogen and oxygen atoms in total. The molecule has 3 heteroatoms. The number of hydrogen-bond acceptors (Lipinski definition) is 3. The molecular formula is C17H26O3. The van der Waals surface area contributed by atoms with E-state index < -0.39 is 0 Å². The van der Waals surface area contributed by atoms with Crippen molar-refractivity contribution < 1.29 is 14.3 Å². The highest BCUT2D eigenvalue weighted by molar-refractivity contribution is 5.69. The van der Waals surface area contributed by atoms with E-state index in [-0.39, 0.29) is 12.1 Å². The van der Waals surface area contributed by atoms with Crippen molar-refractivity contribution >= 4 is 5.97 Å². The number of carbonyl (C=O) groups is 1. The molecule has 1 rings (SSSR count). The quantitative estimate of drug-likeness (QED) is 0.641. The van der Waals surface area contributed by atoms with Gasteiger partial charge in [-0.3, -0.25) is 4.79 Å². The normalized spacial score (nSPS) is 12.4. The fourth-order valence-corrected chi connectivity index (χ4v) is 2.07. The van der Waals surface area contributed by atoms with Gasteiger partial charge in [0.2, 0.25) is 0 Å². The smallest absolute Gasteiger partial charge is 0.305 e. The second-order valence-electron chi connectivity index (χ2n) is 5.28. The Hall–Kier alpha value is -1.35. The fourth-order valence-electron chi connectivity index (χ4n) is 2.07. The first-order chi connectivity index (χ1) is 9.63. The minimum Gasteiger partial charge on any atom is -0.466 e. The van der Waals surface area contributed by atoms with Crippen LogP contribution < -0.4 is 0 Å². The van der Waals surface area contributed by atoms with Gasteiger partial charge in [0.05, 0.1) is 19.3 Å². The molecule has 0 heterocycles. The number of ether oxygens (including phenoxy) is 2. The zero-order valence-electron chi connectivity index (χ0n) is 12.8. The van der Waals surface area contributed by atoms with Gasteiger partial charge in [0.15, 0.2) is 0 Å². The molecule has 0 radical (unpaired) electrons. The Labute approximate surface area is 122 Å². The highest BCUT2D eigenvalue weighted by Gasteiger charge is 2.15. The molecule has 0 fully saturated rings. The van der Waals surface area contributed by atoms with E-state index in [4.69, 9.17) is 9.47 Å². The molecule has 0 aromatic heterocycles. The molecule has 1 aromatic carbocycles. The monoisotopic (exact) mass is 278 g/mol. The summed E-state index contributed by atoms with van der Waals surface area (Å²) in [7, 11) is 0. The summed E-state index contributed by atoms with van der Waals surface area (Å²) >= 11 is 0. The van der Waals surface area contributed by atoms with Gasteiger partial charge in [-0.25, -0.2) is 0 Å². The van der Waals surface area contributed by atoms with Crippen LogP contribution in [0.3, 0.4) is 0 Å². The lowest BCUT2D eigenvalue weighted by molar-refractivity contribution is -0.143. The minimum absolute atomic E-state index is 0.113. The Morgan fingerprint density at radius 1 is 1.20 bits per heavy atom. The summed E-state index contributed by atoms with van der Waals surface area (Å²) in [6.07, 6.45) is 2.37. The highest BCUT2D eigenvalue weighted by atomic mass is 16.5. The maximum Gasteiger partial charge on any atom is 0.305 e. The van der Waals surface area contributed by atoms with Gasteiger partial charge in [0, 0.05) is 6.42 Å². The number of rotatable bonds is 9. The molecule has 1 atom stereocenters. The second kappa shape index (κ2) is 9.54. The maximum atomic E-state index is 11.3. The molecule has 0 N–H and O–H groups in total. The SMILES string of the molecule is CCOC(=O)CCC[C@H](OCc1ccccc1)C(C)C. The summed E-state index contributed by atoms with van der Waals surface area (Å²) in [4.78, 5) is 11.3. The van der Waals surface area contributed by atoms with E-state index in [0.29, 0.717) is 25.6 Å². The van der Waals surface area contributed by atoms with Gasteiger partial charge >= 0.3 is 5.97 Å². The average Bonchev–Trinajstić information content (AvgIpc) is 2.43. The first-order valence-electron chi connectivity index (χ1n) is 7.44. The summed E-state index contributed by atoms with van der Waals surface area (Å²) in [6.45, 7) is 7.22. The predicted molar refractivity (Wildman–Crippen MR) is 80.3 cm³/mol. The van der Waals surface area contributed by atoms with Gasteiger partial charge in [-0.1, -0.05) is 44.2 Å². The number of hydrogen-bond donors (Lipinski definition) is 0. The van der Waals surface area contributed by atoms with Gasteiger partial charge in [0.1, 0.15) is 0 Å². The van der Waals surface area contributed by atoms with Crippen molar-refractivity contribution in [2.24, 2.45) is 5.92 Å². The van der Waals surface area contributed by atoms with E-state index in [9.17, 15) is 4.79 Å². The molecule has 0 aliphatic carbocycles. The van der Waals surface area contributed by atoms with Crippen LogP contribution in [0.15, 0.2) is 30.3 Å². The van der Waals surface area contributed by atoms with Crippen molar-refractivity contribution in [1.29, 1.82) is 0 Å². The van der Waals surface area contributed by atoms with Gasteiger partial charge < -0.3 is 9.47 Å². The van der Waals surface area contributed by atoms with E-state index in [2.05, 4.69) is 26.0 Å². The largest absolute Gasteiger partial charge is 0.466 e. The van der Waals surface area contributed by atoms with Crippen molar-refractivity contribution in [3.8, 4) is 0 Å². The molecule has 0 amide bonds. The van der Waals surface area contributed by atoms with E-state index in [1.807, 2.05) is 25.1 Å². The van der Waals surface area contributed by atoms with E-state index in [1.54, 1.807) is 0 Å². The first-order valence-corrected chi connectivity index (χ1v) is 7.44. The van der Waals surface area contributed by atoms with Crippen LogP contribution in [0.4, 0.5) is 0 Å². The van der Waals surface area contributed by atoms with Crippen LogP contribution in [0.5, 0.6) is 0 Å². The van der Waals surface area contributed by atoms with E-state index in [1.165, 1.54) is 5.56 Å². The molecule has 0 spiro atoms. The average molecular weight is 278 g/mol. The fraction of sp³-hybridized carbons (Fsp3) is 0.588. The van der Waals surface area contributed by atoms with Crippen LogP contribution in [-0.2, 0) is 20.9 Å². The van der Waals surface area contributed by atoms with Crippen LogP contribution in [0.1, 0.15) is 45.6 Å². The molecule has 20 heavy (non-hydrogen) atoms. The lowest BCUT2D eigenvalue weighted by Gasteiger charge is -2.21. The van der Waals surface area contributed by atoms with E-state index in [0.717, 1.165) is 12.8 Å². The molecule has 1 aromatic rings. The lowest BCUT2D eigenvalue weighted by atomic mass is 10.0. The van der Waals surface area contributed by atoms with Crippen LogP contribution >= 0.6 is 0 Å². The van der Waals surface area contributed by atoms with Crippen LogP contribution in [-0.4, -0.2) is 18.7 Å². The zero-order valence-corrected chi connectivity index (χ0v) is 12.8. The standard InChI is InChI=1S/C17H26O3/c1-4-19-17(18)12-8-11-16(14(2)3)20-13-15-9-6-5-7-10-15/h5-7,9-10,14,16H,4,8,11-13H2,1-3H3/t16-/m0/s1. The van der Waals surface area contributed by atoms with E-state index >= 15 is 0 Å². The van der Waals surface area contributed by atoms with Gasteiger partial charge in [0.25, 0.3) is 0 Å². The molecule has 0 aliphatic rings. The molecule has 0 saturated carbocycles. The van der Waals surface area contributed by atoms with Crippen LogP contribution in [0, 0.1) is 5.92 Å².